The second-order valence-corrected chi connectivity index (χ2v) is 5.78. The number of aryl methyl sites for hydroxylation is 1. The average molecular weight is 305 g/mol. The maximum Gasteiger partial charge on any atom is 0.417 e. The Balaban J connectivity index is 2.39. The largest absolute Gasteiger partial charge is 0.417 e. The highest BCUT2D eigenvalue weighted by atomic mass is 32.2. The van der Waals surface area contributed by atoms with Crippen LogP contribution in [0.3, 0.4) is 0 Å². The molecule has 0 aliphatic heterocycles. The number of nitrogens with two attached hydrogens (primary N) is 1. The lowest BCUT2D eigenvalue weighted by Crippen LogP contribution is -2.08. The summed E-state index contributed by atoms with van der Waals surface area (Å²) in [6.45, 7) is 1.77. The second kappa shape index (κ2) is 5.48. The number of benzene rings is 1. The van der Waals surface area contributed by atoms with Crippen molar-refractivity contribution in [1.29, 1.82) is 0 Å². The number of nitrogens with zero attached hydrogens (tertiary/aromatic N) is 2. The maximum absolute atomic E-state index is 13.0. The Hall–Kier alpha value is -1.12. The molecule has 0 amide bonds. The Labute approximate surface area is 116 Å². The summed E-state index contributed by atoms with van der Waals surface area (Å²) in [6, 6.07) is 4.09. The lowest BCUT2D eigenvalue weighted by molar-refractivity contribution is -0.139. The molecule has 0 saturated carbocycles. The van der Waals surface area contributed by atoms with Gasteiger partial charge < -0.3 is 5.73 Å². The van der Waals surface area contributed by atoms with Gasteiger partial charge >= 0.3 is 6.18 Å². The van der Waals surface area contributed by atoms with Gasteiger partial charge in [-0.05, 0) is 36.2 Å². The zero-order valence-corrected chi connectivity index (χ0v) is 11.5. The van der Waals surface area contributed by atoms with Crippen LogP contribution in [0.25, 0.3) is 0 Å². The molecule has 0 fully saturated rings. The van der Waals surface area contributed by atoms with E-state index in [-0.39, 0.29) is 11.4 Å². The molecule has 0 unspecified atom stereocenters. The fourth-order valence-electron chi connectivity index (χ4n) is 1.43. The summed E-state index contributed by atoms with van der Waals surface area (Å²) < 4.78 is 43.4. The van der Waals surface area contributed by atoms with Gasteiger partial charge in [0.25, 0.3) is 0 Å². The third-order valence-corrected chi connectivity index (χ3v) is 4.21. The van der Waals surface area contributed by atoms with Crippen LogP contribution in [0.4, 0.5) is 13.2 Å². The van der Waals surface area contributed by atoms with Crippen molar-refractivity contribution in [1.82, 2.24) is 9.36 Å². The van der Waals surface area contributed by atoms with Gasteiger partial charge in [-0.2, -0.15) is 17.5 Å². The highest BCUT2D eigenvalue weighted by Gasteiger charge is 2.34. The first kappa shape index (κ1) is 14.3. The van der Waals surface area contributed by atoms with Crippen LogP contribution in [0.15, 0.2) is 27.4 Å². The van der Waals surface area contributed by atoms with Crippen LogP contribution in [0.2, 0.25) is 0 Å². The van der Waals surface area contributed by atoms with E-state index in [0.29, 0.717) is 15.7 Å². The number of aromatic nitrogens is 2. The van der Waals surface area contributed by atoms with Crippen LogP contribution in [0, 0.1) is 6.92 Å². The number of hydrogen-bond acceptors (Lipinski definition) is 5. The lowest BCUT2D eigenvalue weighted by Gasteiger charge is -2.12. The molecule has 0 spiro atoms. The van der Waals surface area contributed by atoms with Crippen molar-refractivity contribution in [2.45, 2.75) is 28.9 Å². The van der Waals surface area contributed by atoms with Crippen molar-refractivity contribution < 1.29 is 13.2 Å². The summed E-state index contributed by atoms with van der Waals surface area (Å²) in [5.41, 5.74) is 5.14. The van der Waals surface area contributed by atoms with E-state index in [1.54, 1.807) is 13.0 Å². The van der Waals surface area contributed by atoms with Crippen molar-refractivity contribution in [3.63, 3.8) is 0 Å². The third kappa shape index (κ3) is 3.46. The number of alkyl halides is 3. The second-order valence-electron chi connectivity index (χ2n) is 3.74. The fourth-order valence-corrected chi connectivity index (χ4v) is 3.17. The van der Waals surface area contributed by atoms with E-state index < -0.39 is 11.7 Å². The quantitative estimate of drug-likeness (QED) is 0.943. The Bertz CT molecular complexity index is 581. The van der Waals surface area contributed by atoms with Crippen molar-refractivity contribution >= 4 is 23.3 Å². The summed E-state index contributed by atoms with van der Waals surface area (Å²) in [4.78, 5) is 4.16. The number of hydrogen-bond donors (Lipinski definition) is 1. The molecule has 0 atom stereocenters. The topological polar surface area (TPSA) is 51.8 Å². The molecule has 2 rings (SSSR count). The minimum absolute atomic E-state index is 0.0753. The molecule has 1 heterocycles. The first-order valence-electron chi connectivity index (χ1n) is 5.28. The summed E-state index contributed by atoms with van der Waals surface area (Å²) in [7, 11) is 0. The molecular weight excluding hydrogens is 295 g/mol. The smallest absolute Gasteiger partial charge is 0.326 e. The fraction of sp³-hybridized carbons (Fsp3) is 0.273. The predicted molar refractivity (Wildman–Crippen MR) is 68.1 cm³/mol. The van der Waals surface area contributed by atoms with E-state index in [1.807, 2.05) is 0 Å². The Morgan fingerprint density at radius 1 is 1.37 bits per heavy atom. The van der Waals surface area contributed by atoms with E-state index in [2.05, 4.69) is 9.36 Å². The molecule has 8 heteroatoms. The van der Waals surface area contributed by atoms with Gasteiger partial charge in [-0.15, -0.1) is 0 Å². The van der Waals surface area contributed by atoms with E-state index in [0.717, 1.165) is 29.4 Å². The molecule has 0 aliphatic rings. The normalized spacial score (nSPS) is 11.8. The summed E-state index contributed by atoms with van der Waals surface area (Å²) in [5, 5.41) is 0. The molecule has 0 aliphatic carbocycles. The summed E-state index contributed by atoms with van der Waals surface area (Å²) >= 11 is 2.05. The molecule has 2 aromatic rings. The van der Waals surface area contributed by atoms with Crippen LogP contribution in [-0.2, 0) is 12.7 Å². The molecule has 0 radical (unpaired) electrons. The molecule has 1 aromatic heterocycles. The van der Waals surface area contributed by atoms with E-state index in [9.17, 15) is 13.2 Å². The third-order valence-electron chi connectivity index (χ3n) is 2.29. The van der Waals surface area contributed by atoms with Gasteiger partial charge in [-0.1, -0.05) is 17.8 Å². The van der Waals surface area contributed by atoms with Gasteiger partial charge in [0, 0.05) is 11.4 Å². The summed E-state index contributed by atoms with van der Waals surface area (Å²) in [5.74, 6) is 0.555. The zero-order chi connectivity index (χ0) is 14.0. The monoisotopic (exact) mass is 305 g/mol. The first-order chi connectivity index (χ1) is 8.90. The standard InChI is InChI=1S/C11H10F3N3S2/c1-6-16-10(19-17-6)18-9-3-2-7(5-15)4-8(9)11(12,13)14/h2-4H,5,15H2,1H3. The van der Waals surface area contributed by atoms with Crippen molar-refractivity contribution in [2.24, 2.45) is 5.73 Å². The van der Waals surface area contributed by atoms with Crippen molar-refractivity contribution in [3.8, 4) is 0 Å². The van der Waals surface area contributed by atoms with E-state index in [4.69, 9.17) is 5.73 Å². The Kier molecular flexibility index (Phi) is 4.12. The van der Waals surface area contributed by atoms with Crippen LogP contribution >= 0.6 is 23.3 Å². The van der Waals surface area contributed by atoms with Gasteiger partial charge in [-0.25, -0.2) is 4.98 Å². The molecule has 0 bridgehead atoms. The molecule has 19 heavy (non-hydrogen) atoms. The van der Waals surface area contributed by atoms with Crippen LogP contribution in [0.1, 0.15) is 17.0 Å². The predicted octanol–water partition coefficient (Wildman–Crippen LogP) is 3.48. The van der Waals surface area contributed by atoms with E-state index >= 15 is 0 Å². The minimum atomic E-state index is -4.41. The minimum Gasteiger partial charge on any atom is -0.326 e. The van der Waals surface area contributed by atoms with Crippen LogP contribution in [0.5, 0.6) is 0 Å². The molecular formula is C11H10F3N3S2. The van der Waals surface area contributed by atoms with Gasteiger partial charge in [0.1, 0.15) is 5.82 Å². The van der Waals surface area contributed by atoms with Crippen LogP contribution < -0.4 is 5.73 Å². The SMILES string of the molecule is Cc1nsc(Sc2ccc(CN)cc2C(F)(F)F)n1. The lowest BCUT2D eigenvalue weighted by atomic mass is 10.1. The van der Waals surface area contributed by atoms with E-state index in [1.165, 1.54) is 6.07 Å². The Morgan fingerprint density at radius 2 is 2.11 bits per heavy atom. The molecule has 102 valence electrons. The van der Waals surface area contributed by atoms with Crippen LogP contribution in [-0.4, -0.2) is 9.36 Å². The zero-order valence-electron chi connectivity index (χ0n) is 9.86. The van der Waals surface area contributed by atoms with Gasteiger partial charge in [0.15, 0.2) is 4.34 Å². The molecule has 1 aromatic carbocycles. The maximum atomic E-state index is 13.0. The molecule has 2 N–H and O–H groups in total. The number of rotatable bonds is 3. The van der Waals surface area contributed by atoms with Gasteiger partial charge in [0.05, 0.1) is 5.56 Å². The van der Waals surface area contributed by atoms with Crippen molar-refractivity contribution in [2.75, 3.05) is 0 Å². The first-order valence-corrected chi connectivity index (χ1v) is 6.87. The molecule has 3 nitrogen and oxygen atoms in total. The highest BCUT2D eigenvalue weighted by molar-refractivity contribution is 8.01. The highest BCUT2D eigenvalue weighted by Crippen LogP contribution is 2.40. The average Bonchev–Trinajstić information content (AvgIpc) is 2.74. The Morgan fingerprint density at radius 3 is 2.63 bits per heavy atom. The van der Waals surface area contributed by atoms with Crippen molar-refractivity contribution in [3.05, 3.63) is 35.2 Å². The summed E-state index contributed by atoms with van der Waals surface area (Å²) in [6.07, 6.45) is -4.41. The van der Waals surface area contributed by atoms with Gasteiger partial charge in [0.2, 0.25) is 0 Å². The number of halogens is 3. The van der Waals surface area contributed by atoms with Gasteiger partial charge in [-0.3, -0.25) is 0 Å². The molecule has 0 saturated heterocycles.